The van der Waals surface area contributed by atoms with Crippen molar-refractivity contribution in [1.82, 2.24) is 5.32 Å². The highest BCUT2D eigenvalue weighted by Crippen LogP contribution is 1.57. The van der Waals surface area contributed by atoms with Crippen LogP contribution in [0.25, 0.3) is 0 Å². The molecule has 1 N–H and O–H groups in total. The molecule has 2 heteroatoms. The summed E-state index contributed by atoms with van der Waals surface area (Å²) in [4.78, 5) is 9.55. The minimum atomic E-state index is 0. The van der Waals surface area contributed by atoms with Crippen LogP contribution in [-0.4, -0.2) is 12.8 Å². The van der Waals surface area contributed by atoms with Crippen molar-refractivity contribution in [3.05, 3.63) is 12.3 Å². The first-order valence-corrected chi connectivity index (χ1v) is 2.25. The van der Waals surface area contributed by atoms with Gasteiger partial charge in [-0.25, -0.2) is 0 Å². The van der Waals surface area contributed by atoms with Crippen LogP contribution in [0.3, 0.4) is 0 Å². The summed E-state index contributed by atoms with van der Waals surface area (Å²) in [6.07, 6.45) is 3.78. The second kappa shape index (κ2) is 9.51. The lowest BCUT2D eigenvalue weighted by Gasteiger charge is -1.85. The minimum absolute atomic E-state index is 0. The Labute approximate surface area is 50.6 Å². The van der Waals surface area contributed by atoms with E-state index in [9.17, 15) is 4.79 Å². The van der Waals surface area contributed by atoms with E-state index in [1.54, 1.807) is 6.20 Å². The van der Waals surface area contributed by atoms with Gasteiger partial charge in [-0.15, -0.1) is 0 Å². The molecule has 48 valence electrons. The van der Waals surface area contributed by atoms with E-state index in [1.165, 1.54) is 6.08 Å². The van der Waals surface area contributed by atoms with Crippen molar-refractivity contribution in [2.75, 3.05) is 6.54 Å². The summed E-state index contributed by atoms with van der Waals surface area (Å²) < 4.78 is 0. The third kappa shape index (κ3) is 8.96. The second-order valence-corrected chi connectivity index (χ2v) is 1.05. The molecule has 0 fully saturated rings. The van der Waals surface area contributed by atoms with Crippen molar-refractivity contribution < 1.29 is 4.79 Å². The molecule has 0 aliphatic rings. The number of aldehydes is 1. The van der Waals surface area contributed by atoms with Crippen molar-refractivity contribution in [2.45, 2.75) is 14.4 Å². The van der Waals surface area contributed by atoms with Gasteiger partial charge in [-0.2, -0.15) is 0 Å². The molecule has 0 amide bonds. The number of allylic oxidation sites excluding steroid dienone is 1. The molecule has 0 aliphatic carbocycles. The van der Waals surface area contributed by atoms with Crippen LogP contribution in [0.5, 0.6) is 0 Å². The average molecular weight is 115 g/mol. The van der Waals surface area contributed by atoms with Crippen LogP contribution in [0.4, 0.5) is 0 Å². The summed E-state index contributed by atoms with van der Waals surface area (Å²) in [5.41, 5.74) is 0. The van der Waals surface area contributed by atoms with Gasteiger partial charge in [0.15, 0.2) is 0 Å². The monoisotopic (exact) mass is 115 g/mol. The Morgan fingerprint density at radius 3 is 2.62 bits per heavy atom. The molecule has 0 heterocycles. The highest BCUT2D eigenvalue weighted by Gasteiger charge is 1.62. The topological polar surface area (TPSA) is 29.1 Å². The summed E-state index contributed by atoms with van der Waals surface area (Å²) >= 11 is 0. The Morgan fingerprint density at radius 1 is 1.62 bits per heavy atom. The molecule has 0 aromatic carbocycles. The predicted molar refractivity (Wildman–Crippen MR) is 35.6 cm³/mol. The molecule has 0 aromatic rings. The van der Waals surface area contributed by atoms with E-state index in [0.29, 0.717) is 0 Å². The van der Waals surface area contributed by atoms with Gasteiger partial charge in [0.1, 0.15) is 6.29 Å². The van der Waals surface area contributed by atoms with Crippen LogP contribution in [0, 0.1) is 0 Å². The van der Waals surface area contributed by atoms with E-state index in [2.05, 4.69) is 5.32 Å². The van der Waals surface area contributed by atoms with Crippen LogP contribution >= 0.6 is 0 Å². The predicted octanol–water partition coefficient (Wildman–Crippen LogP) is 0.945. The van der Waals surface area contributed by atoms with Crippen LogP contribution < -0.4 is 5.32 Å². The highest BCUT2D eigenvalue weighted by molar-refractivity contribution is 5.64. The van der Waals surface area contributed by atoms with Gasteiger partial charge in [0.2, 0.25) is 0 Å². The van der Waals surface area contributed by atoms with E-state index in [-0.39, 0.29) is 7.43 Å². The second-order valence-electron chi connectivity index (χ2n) is 1.05. The number of hydrogen-bond acceptors (Lipinski definition) is 2. The maximum Gasteiger partial charge on any atom is 0.144 e. The van der Waals surface area contributed by atoms with Crippen molar-refractivity contribution in [3.8, 4) is 0 Å². The lowest BCUT2D eigenvalue weighted by Crippen LogP contribution is -2.01. The van der Waals surface area contributed by atoms with Gasteiger partial charge in [-0.3, -0.25) is 4.79 Å². The van der Waals surface area contributed by atoms with E-state index < -0.39 is 0 Å². The Morgan fingerprint density at radius 2 is 2.25 bits per heavy atom. The molecule has 0 aromatic heterocycles. The summed E-state index contributed by atoms with van der Waals surface area (Å²) in [6, 6.07) is 0. The van der Waals surface area contributed by atoms with Gasteiger partial charge in [0.25, 0.3) is 0 Å². The fourth-order valence-corrected chi connectivity index (χ4v) is 0.225. The summed E-state index contributed by atoms with van der Waals surface area (Å²) in [5.74, 6) is 0. The molecule has 0 saturated carbocycles. The van der Waals surface area contributed by atoms with Crippen LogP contribution in [0.15, 0.2) is 12.3 Å². The average Bonchev–Trinajstić information content (AvgIpc) is 1.69. The van der Waals surface area contributed by atoms with Crippen molar-refractivity contribution in [1.29, 1.82) is 0 Å². The van der Waals surface area contributed by atoms with Crippen molar-refractivity contribution in [3.63, 3.8) is 0 Å². The molecular weight excluding hydrogens is 102 g/mol. The summed E-state index contributed by atoms with van der Waals surface area (Å²) in [5, 5.41) is 2.84. The van der Waals surface area contributed by atoms with Crippen LogP contribution in [0.1, 0.15) is 14.4 Å². The smallest absolute Gasteiger partial charge is 0.144 e. The van der Waals surface area contributed by atoms with E-state index in [0.717, 1.165) is 12.8 Å². The van der Waals surface area contributed by atoms with Gasteiger partial charge in [-0.1, -0.05) is 7.43 Å². The van der Waals surface area contributed by atoms with Gasteiger partial charge < -0.3 is 5.32 Å². The first kappa shape index (κ1) is 10.2. The zero-order chi connectivity index (χ0) is 5.54. The Balaban J connectivity index is 0. The van der Waals surface area contributed by atoms with Crippen molar-refractivity contribution >= 4 is 6.29 Å². The largest absolute Gasteiger partial charge is 0.391 e. The maximum absolute atomic E-state index is 9.55. The molecule has 8 heavy (non-hydrogen) atoms. The lowest BCUT2D eigenvalue weighted by molar-refractivity contribution is -0.104. The molecule has 0 aliphatic heterocycles. The summed E-state index contributed by atoms with van der Waals surface area (Å²) in [6.45, 7) is 2.83. The minimum Gasteiger partial charge on any atom is -0.391 e. The zero-order valence-corrected chi connectivity index (χ0v) is 4.35. The van der Waals surface area contributed by atoms with Gasteiger partial charge in [-0.05, 0) is 19.2 Å². The van der Waals surface area contributed by atoms with Crippen LogP contribution in [0.2, 0.25) is 0 Å². The molecule has 2 nitrogen and oxygen atoms in total. The lowest BCUT2D eigenvalue weighted by atomic mass is 10.6. The number of rotatable bonds is 3. The van der Waals surface area contributed by atoms with Gasteiger partial charge in [0.05, 0.1) is 0 Å². The van der Waals surface area contributed by atoms with Crippen molar-refractivity contribution in [2.24, 2.45) is 0 Å². The highest BCUT2D eigenvalue weighted by atomic mass is 16.1. The van der Waals surface area contributed by atoms with Crippen LogP contribution in [-0.2, 0) is 4.79 Å². The van der Waals surface area contributed by atoms with Gasteiger partial charge >= 0.3 is 0 Å². The molecular formula is C6H13NO. The Bertz CT molecular complexity index is 68.9. The zero-order valence-electron chi connectivity index (χ0n) is 4.35. The summed E-state index contributed by atoms with van der Waals surface area (Å²) in [7, 11) is 0. The van der Waals surface area contributed by atoms with E-state index in [4.69, 9.17) is 0 Å². The van der Waals surface area contributed by atoms with E-state index >= 15 is 0 Å². The van der Waals surface area contributed by atoms with Gasteiger partial charge in [0, 0.05) is 6.54 Å². The molecule has 0 bridgehead atoms. The van der Waals surface area contributed by atoms with E-state index in [1.807, 2.05) is 6.92 Å². The quantitative estimate of drug-likeness (QED) is 0.438. The fourth-order valence-electron chi connectivity index (χ4n) is 0.225. The normalized spacial score (nSPS) is 8.12. The first-order valence-electron chi connectivity index (χ1n) is 2.25. The third-order valence-electron chi connectivity index (χ3n) is 0.497. The maximum atomic E-state index is 9.55. The first-order chi connectivity index (χ1) is 3.41. The number of carbonyl (C=O) groups is 1. The number of hydrogen-bond donors (Lipinski definition) is 1. The number of nitrogens with one attached hydrogen (secondary N) is 1. The molecule has 0 spiro atoms. The fraction of sp³-hybridized carbons (Fsp3) is 0.500. The number of carbonyl (C=O) groups excluding carboxylic acids is 1. The SMILES string of the molecule is C.CCN/C=C/C=O. The molecule has 0 rings (SSSR count). The molecule has 0 saturated heterocycles. The Hall–Kier alpha value is -0.790. The Kier molecular flexibility index (Phi) is 12.2. The standard InChI is InChI=1S/C5H9NO.CH4/c1-2-6-4-3-5-7;/h3-6H,2H2,1H3;1H4/b4-3+;. The molecule has 0 atom stereocenters. The molecule has 0 radical (unpaired) electrons. The third-order valence-corrected chi connectivity index (χ3v) is 0.497. The molecule has 0 unspecified atom stereocenters.